The van der Waals surface area contributed by atoms with Crippen molar-refractivity contribution < 1.29 is 27.5 Å². The summed E-state index contributed by atoms with van der Waals surface area (Å²) in [5.41, 5.74) is 1.86. The maximum Gasteiger partial charge on any atom is 0.416 e. The van der Waals surface area contributed by atoms with E-state index in [1.54, 1.807) is 30.2 Å². The Labute approximate surface area is 224 Å². The Balaban J connectivity index is 1.39. The lowest BCUT2D eigenvalue weighted by Crippen LogP contribution is -2.57. The van der Waals surface area contributed by atoms with Gasteiger partial charge in [0.2, 0.25) is 5.91 Å². The van der Waals surface area contributed by atoms with Crippen molar-refractivity contribution in [3.05, 3.63) is 101 Å². The summed E-state index contributed by atoms with van der Waals surface area (Å²) in [6.07, 6.45) is -3.25. The minimum absolute atomic E-state index is 0.0381. The van der Waals surface area contributed by atoms with E-state index < -0.39 is 11.7 Å². The van der Waals surface area contributed by atoms with E-state index >= 15 is 0 Å². The van der Waals surface area contributed by atoms with Crippen molar-refractivity contribution in [1.82, 2.24) is 14.8 Å². The van der Waals surface area contributed by atoms with Crippen LogP contribution in [0.4, 0.5) is 13.2 Å². The van der Waals surface area contributed by atoms with Crippen LogP contribution in [0.15, 0.2) is 78.9 Å². The second-order valence-electron chi connectivity index (χ2n) is 9.72. The Morgan fingerprint density at radius 3 is 2.51 bits per heavy atom. The number of benzene rings is 3. The van der Waals surface area contributed by atoms with Crippen LogP contribution in [0.3, 0.4) is 0 Å². The monoisotopic (exact) mass is 535 g/mol. The fraction of sp³-hybridized carbons (Fsp3) is 0.267. The summed E-state index contributed by atoms with van der Waals surface area (Å²) < 4.78 is 45.1. The molecular weight excluding hydrogens is 507 g/mol. The van der Waals surface area contributed by atoms with Crippen molar-refractivity contribution >= 4 is 22.7 Å². The van der Waals surface area contributed by atoms with Gasteiger partial charge >= 0.3 is 6.18 Å². The number of carbonyl (C=O) groups is 2. The molecule has 1 saturated heterocycles. The van der Waals surface area contributed by atoms with E-state index in [4.69, 9.17) is 4.74 Å². The Bertz CT molecular complexity index is 1480. The summed E-state index contributed by atoms with van der Waals surface area (Å²) in [5, 5.41) is 0.813. The zero-order valence-electron chi connectivity index (χ0n) is 21.4. The van der Waals surface area contributed by atoms with Gasteiger partial charge < -0.3 is 19.5 Å². The molecule has 0 unspecified atom stereocenters. The molecule has 4 aromatic rings. The second-order valence-corrected chi connectivity index (χ2v) is 9.72. The Hall–Kier alpha value is -4.27. The van der Waals surface area contributed by atoms with Crippen molar-refractivity contribution in [2.45, 2.75) is 31.6 Å². The molecule has 0 saturated carbocycles. The molecule has 39 heavy (non-hydrogen) atoms. The van der Waals surface area contributed by atoms with E-state index in [1.165, 1.54) is 11.0 Å². The molecule has 6 nitrogen and oxygen atoms in total. The zero-order valence-corrected chi connectivity index (χ0v) is 21.4. The normalized spacial score (nSPS) is 16.1. The molecule has 3 aromatic carbocycles. The van der Waals surface area contributed by atoms with E-state index in [2.05, 4.69) is 4.98 Å². The van der Waals surface area contributed by atoms with Gasteiger partial charge in [-0.25, -0.2) is 0 Å². The van der Waals surface area contributed by atoms with Gasteiger partial charge in [0.15, 0.2) is 0 Å². The Kier molecular flexibility index (Phi) is 7.32. The molecule has 1 aliphatic heterocycles. The van der Waals surface area contributed by atoms with E-state index in [9.17, 15) is 22.8 Å². The van der Waals surface area contributed by atoms with Crippen LogP contribution in [0.1, 0.15) is 33.6 Å². The van der Waals surface area contributed by atoms with Crippen LogP contribution in [-0.2, 0) is 23.9 Å². The summed E-state index contributed by atoms with van der Waals surface area (Å²) in [6, 6.07) is 21.6. The fourth-order valence-corrected chi connectivity index (χ4v) is 5.04. The van der Waals surface area contributed by atoms with E-state index in [1.807, 2.05) is 42.5 Å². The number of alkyl halides is 3. The Morgan fingerprint density at radius 1 is 1.00 bits per heavy atom. The third-order valence-corrected chi connectivity index (χ3v) is 7.08. The van der Waals surface area contributed by atoms with E-state index in [-0.39, 0.29) is 37.5 Å². The third kappa shape index (κ3) is 5.92. The van der Waals surface area contributed by atoms with Crippen LogP contribution in [0.2, 0.25) is 0 Å². The summed E-state index contributed by atoms with van der Waals surface area (Å²) in [6.45, 7) is 0.157. The van der Waals surface area contributed by atoms with Crippen molar-refractivity contribution in [2.24, 2.45) is 0 Å². The Morgan fingerprint density at radius 2 is 1.77 bits per heavy atom. The highest BCUT2D eigenvalue weighted by Gasteiger charge is 2.36. The summed E-state index contributed by atoms with van der Waals surface area (Å²) in [4.78, 5) is 33.1. The maximum absolute atomic E-state index is 13.5. The molecule has 1 atom stereocenters. The average molecular weight is 536 g/mol. The number of ether oxygens (including phenoxy) is 1. The van der Waals surface area contributed by atoms with Gasteiger partial charge in [-0.2, -0.15) is 13.2 Å². The highest BCUT2D eigenvalue weighted by Crippen LogP contribution is 2.30. The number of aromatic amines is 1. The number of nitrogens with zero attached hydrogens (tertiary/aromatic N) is 2. The SMILES string of the molecule is COc1ccc2[nH]c(C(=O)N3CC(=O)N(Cc4cccc(C(F)(F)F)c4)[C@@H](CCc4ccccc4)C3)cc2c1. The zero-order chi connectivity index (χ0) is 27.6. The molecule has 0 spiro atoms. The lowest BCUT2D eigenvalue weighted by atomic mass is 10.00. The smallest absolute Gasteiger partial charge is 0.416 e. The molecule has 1 fully saturated rings. The molecule has 0 bridgehead atoms. The number of aromatic nitrogens is 1. The number of halogens is 3. The number of rotatable bonds is 7. The van der Waals surface area contributed by atoms with Crippen molar-refractivity contribution in [3.8, 4) is 5.75 Å². The van der Waals surface area contributed by atoms with Crippen molar-refractivity contribution in [3.63, 3.8) is 0 Å². The average Bonchev–Trinajstić information content (AvgIpc) is 3.36. The molecule has 2 amide bonds. The molecule has 0 aliphatic carbocycles. The summed E-state index contributed by atoms with van der Waals surface area (Å²) in [5.74, 6) is 0.0599. The van der Waals surface area contributed by atoms with Gasteiger partial charge in [-0.05, 0) is 60.4 Å². The van der Waals surface area contributed by atoms with Crippen LogP contribution >= 0.6 is 0 Å². The van der Waals surface area contributed by atoms with Gasteiger partial charge in [0.1, 0.15) is 18.0 Å². The largest absolute Gasteiger partial charge is 0.497 e. The quantitative estimate of drug-likeness (QED) is 0.331. The molecule has 202 valence electrons. The molecule has 2 heterocycles. The summed E-state index contributed by atoms with van der Waals surface area (Å²) >= 11 is 0. The molecule has 1 aliphatic rings. The number of carbonyl (C=O) groups excluding carboxylic acids is 2. The van der Waals surface area contributed by atoms with E-state index in [0.29, 0.717) is 29.8 Å². The molecular formula is C30H28F3N3O3. The first-order valence-corrected chi connectivity index (χ1v) is 12.7. The van der Waals surface area contributed by atoms with Gasteiger partial charge in [-0.15, -0.1) is 0 Å². The van der Waals surface area contributed by atoms with Crippen molar-refractivity contribution in [2.75, 3.05) is 20.2 Å². The molecule has 5 rings (SSSR count). The number of hydrogen-bond donors (Lipinski definition) is 1. The number of aryl methyl sites for hydroxylation is 1. The van der Waals surface area contributed by atoms with Crippen LogP contribution in [-0.4, -0.2) is 52.8 Å². The topological polar surface area (TPSA) is 65.6 Å². The van der Waals surface area contributed by atoms with Gasteiger partial charge in [0, 0.05) is 24.0 Å². The highest BCUT2D eigenvalue weighted by molar-refractivity contribution is 6.00. The van der Waals surface area contributed by atoms with Gasteiger partial charge in [-0.1, -0.05) is 42.5 Å². The number of hydrogen-bond acceptors (Lipinski definition) is 3. The first kappa shape index (κ1) is 26.3. The maximum atomic E-state index is 13.5. The van der Waals surface area contributed by atoms with Gasteiger partial charge in [-0.3, -0.25) is 9.59 Å². The molecule has 9 heteroatoms. The number of H-pyrrole nitrogens is 1. The minimum Gasteiger partial charge on any atom is -0.497 e. The number of piperazine rings is 1. The first-order valence-electron chi connectivity index (χ1n) is 12.7. The second kappa shape index (κ2) is 10.8. The highest BCUT2D eigenvalue weighted by atomic mass is 19.4. The lowest BCUT2D eigenvalue weighted by molar-refractivity contribution is -0.139. The fourth-order valence-electron chi connectivity index (χ4n) is 5.04. The van der Waals surface area contributed by atoms with Crippen LogP contribution in [0.5, 0.6) is 5.75 Å². The predicted octanol–water partition coefficient (Wildman–Crippen LogP) is 5.68. The van der Waals surface area contributed by atoms with Gasteiger partial charge in [0.05, 0.1) is 18.7 Å². The number of methoxy groups -OCH3 is 1. The number of amides is 2. The minimum atomic E-state index is -4.47. The van der Waals surface area contributed by atoms with Crippen LogP contribution in [0, 0.1) is 0 Å². The predicted molar refractivity (Wildman–Crippen MR) is 141 cm³/mol. The lowest BCUT2D eigenvalue weighted by Gasteiger charge is -2.41. The van der Waals surface area contributed by atoms with Crippen LogP contribution in [0.25, 0.3) is 10.9 Å². The first-order chi connectivity index (χ1) is 18.7. The number of nitrogens with one attached hydrogen (secondary N) is 1. The third-order valence-electron chi connectivity index (χ3n) is 7.08. The molecule has 1 N–H and O–H groups in total. The standard InChI is InChI=1S/C30H28F3N3O3/c1-39-25-12-13-26-22(15-25)16-27(34-26)29(38)35-18-24(11-10-20-6-3-2-4-7-20)36(28(37)19-35)17-21-8-5-9-23(14-21)30(31,32)33/h2-9,12-16,24,34H,10-11,17-19H2,1H3/t24-/m0/s1. The molecule has 1 aromatic heterocycles. The van der Waals surface area contributed by atoms with Crippen molar-refractivity contribution in [1.29, 1.82) is 0 Å². The molecule has 0 radical (unpaired) electrons. The van der Waals surface area contributed by atoms with Crippen LogP contribution < -0.4 is 4.74 Å². The number of fused-ring (bicyclic) bond motifs is 1. The summed E-state index contributed by atoms with van der Waals surface area (Å²) in [7, 11) is 1.57. The van der Waals surface area contributed by atoms with Gasteiger partial charge in [0.25, 0.3) is 5.91 Å². The van der Waals surface area contributed by atoms with E-state index in [0.717, 1.165) is 28.6 Å².